The van der Waals surface area contributed by atoms with Gasteiger partial charge >= 0.3 is 0 Å². The number of nitrogens with two attached hydrogens (primary N) is 1. The van der Waals surface area contributed by atoms with Crippen molar-refractivity contribution in [2.75, 3.05) is 5.75 Å². The summed E-state index contributed by atoms with van der Waals surface area (Å²) in [6.45, 7) is 1.49. The fourth-order valence-electron chi connectivity index (χ4n) is 1.36. The molecule has 0 aliphatic rings. The summed E-state index contributed by atoms with van der Waals surface area (Å²) in [4.78, 5) is 22.0. The van der Waals surface area contributed by atoms with Crippen LogP contribution in [-0.4, -0.2) is 16.8 Å². The van der Waals surface area contributed by atoms with Gasteiger partial charge in [-0.15, -0.1) is 0 Å². The van der Waals surface area contributed by atoms with Crippen LogP contribution in [-0.2, 0) is 16.0 Å². The molecule has 3 nitrogen and oxygen atoms in total. The summed E-state index contributed by atoms with van der Waals surface area (Å²) in [5, 5.41) is 0.0133. The normalized spacial score (nSPS) is 12.1. The zero-order chi connectivity index (χ0) is 12.0. The van der Waals surface area contributed by atoms with Gasteiger partial charge in [0.25, 0.3) is 0 Å². The highest BCUT2D eigenvalue weighted by Crippen LogP contribution is 2.14. The maximum atomic E-state index is 11.2. The zero-order valence-corrected chi connectivity index (χ0v) is 10.00. The molecule has 0 aliphatic heterocycles. The minimum Gasteiger partial charge on any atom is -0.369 e. The van der Waals surface area contributed by atoms with E-state index in [9.17, 15) is 9.59 Å². The number of hydrogen-bond donors (Lipinski definition) is 1. The summed E-state index contributed by atoms with van der Waals surface area (Å²) in [7, 11) is 0. The third kappa shape index (κ3) is 4.49. The Bertz CT molecular complexity index is 365. The topological polar surface area (TPSA) is 60.2 Å². The Kier molecular flexibility index (Phi) is 5.05. The van der Waals surface area contributed by atoms with Gasteiger partial charge in [-0.1, -0.05) is 42.1 Å². The van der Waals surface area contributed by atoms with Crippen LogP contribution < -0.4 is 5.73 Å². The molecule has 0 saturated heterocycles. The second-order valence-corrected chi connectivity index (χ2v) is 4.79. The van der Waals surface area contributed by atoms with Crippen LogP contribution in [0.3, 0.4) is 0 Å². The molecule has 0 saturated carbocycles. The van der Waals surface area contributed by atoms with Crippen molar-refractivity contribution in [2.24, 2.45) is 11.7 Å². The van der Waals surface area contributed by atoms with Gasteiger partial charge in [0.15, 0.2) is 5.12 Å². The molecule has 1 rings (SSSR count). The fourth-order valence-corrected chi connectivity index (χ4v) is 2.08. The van der Waals surface area contributed by atoms with Crippen molar-refractivity contribution in [3.05, 3.63) is 35.9 Å². The molecule has 2 N–H and O–H groups in total. The van der Waals surface area contributed by atoms with Crippen molar-refractivity contribution in [3.63, 3.8) is 0 Å². The van der Waals surface area contributed by atoms with Crippen LogP contribution in [0.15, 0.2) is 30.3 Å². The molecule has 1 aromatic carbocycles. The third-order valence-corrected chi connectivity index (χ3v) is 3.19. The first kappa shape index (κ1) is 12.8. The first-order valence-corrected chi connectivity index (χ1v) is 6.04. The quantitative estimate of drug-likeness (QED) is 0.846. The van der Waals surface area contributed by atoms with Gasteiger partial charge in [0.05, 0.1) is 5.92 Å². The summed E-state index contributed by atoms with van der Waals surface area (Å²) in [6, 6.07) is 9.67. The van der Waals surface area contributed by atoms with Gasteiger partial charge in [0, 0.05) is 12.7 Å². The van der Waals surface area contributed by atoms with Crippen LogP contribution in [0, 0.1) is 5.92 Å². The molecular weight excluding hydrogens is 222 g/mol. The van der Waals surface area contributed by atoms with E-state index >= 15 is 0 Å². The van der Waals surface area contributed by atoms with Crippen LogP contribution in [0.25, 0.3) is 0 Å². The summed E-state index contributed by atoms with van der Waals surface area (Å²) < 4.78 is 0. The number of amides is 1. The van der Waals surface area contributed by atoms with E-state index in [-0.39, 0.29) is 16.9 Å². The lowest BCUT2D eigenvalue weighted by atomic mass is 10.0. The van der Waals surface area contributed by atoms with Crippen molar-refractivity contribution < 1.29 is 9.59 Å². The molecule has 1 amide bonds. The Morgan fingerprint density at radius 2 is 1.94 bits per heavy atom. The Morgan fingerprint density at radius 1 is 1.31 bits per heavy atom. The average molecular weight is 237 g/mol. The van der Waals surface area contributed by atoms with E-state index in [0.29, 0.717) is 12.2 Å². The molecule has 0 aromatic heterocycles. The van der Waals surface area contributed by atoms with Crippen LogP contribution in [0.4, 0.5) is 0 Å². The van der Waals surface area contributed by atoms with Gasteiger partial charge in [-0.2, -0.15) is 0 Å². The van der Waals surface area contributed by atoms with E-state index < -0.39 is 0 Å². The average Bonchev–Trinajstić information content (AvgIpc) is 2.25. The molecule has 0 fully saturated rings. The highest BCUT2D eigenvalue weighted by atomic mass is 32.2. The van der Waals surface area contributed by atoms with E-state index in [4.69, 9.17) is 5.73 Å². The highest BCUT2D eigenvalue weighted by Gasteiger charge is 2.16. The maximum Gasteiger partial charge on any atom is 0.221 e. The van der Waals surface area contributed by atoms with E-state index in [1.807, 2.05) is 30.3 Å². The van der Waals surface area contributed by atoms with Gasteiger partial charge in [-0.3, -0.25) is 9.59 Å². The highest BCUT2D eigenvalue weighted by molar-refractivity contribution is 8.13. The van der Waals surface area contributed by atoms with Crippen LogP contribution in [0.1, 0.15) is 12.5 Å². The Morgan fingerprint density at radius 3 is 2.44 bits per heavy atom. The molecule has 0 bridgehead atoms. The number of carbonyl (C=O) groups is 2. The predicted octanol–water partition coefficient (Wildman–Crippen LogP) is 1.61. The lowest BCUT2D eigenvalue weighted by Gasteiger charge is -2.11. The lowest BCUT2D eigenvalue weighted by molar-refractivity contribution is -0.121. The van der Waals surface area contributed by atoms with Gasteiger partial charge < -0.3 is 5.73 Å². The molecular formula is C12H15NO2S. The second kappa shape index (κ2) is 6.33. The number of rotatable bonds is 5. The summed E-state index contributed by atoms with van der Waals surface area (Å²) in [5.74, 6) is -0.173. The predicted molar refractivity (Wildman–Crippen MR) is 66.0 cm³/mol. The Balaban J connectivity index is 2.58. The SMILES string of the molecule is CC(=O)SCC(Cc1ccccc1)C(N)=O. The number of carbonyl (C=O) groups excluding carboxylic acids is 2. The number of primary amides is 1. The van der Waals surface area contributed by atoms with Crippen molar-refractivity contribution in [1.29, 1.82) is 0 Å². The van der Waals surface area contributed by atoms with Gasteiger partial charge in [-0.05, 0) is 12.0 Å². The Labute approximate surface area is 99.4 Å². The van der Waals surface area contributed by atoms with Gasteiger partial charge in [-0.25, -0.2) is 0 Å². The van der Waals surface area contributed by atoms with Crippen molar-refractivity contribution in [1.82, 2.24) is 0 Å². The van der Waals surface area contributed by atoms with Crippen LogP contribution in [0.5, 0.6) is 0 Å². The molecule has 4 heteroatoms. The summed E-state index contributed by atoms with van der Waals surface area (Å²) >= 11 is 1.15. The molecule has 1 aromatic rings. The zero-order valence-electron chi connectivity index (χ0n) is 9.18. The van der Waals surface area contributed by atoms with Crippen LogP contribution in [0.2, 0.25) is 0 Å². The van der Waals surface area contributed by atoms with E-state index in [0.717, 1.165) is 17.3 Å². The number of hydrogen-bond acceptors (Lipinski definition) is 3. The monoisotopic (exact) mass is 237 g/mol. The molecule has 0 radical (unpaired) electrons. The van der Waals surface area contributed by atoms with Crippen molar-refractivity contribution >= 4 is 22.8 Å². The third-order valence-electron chi connectivity index (χ3n) is 2.22. The maximum absolute atomic E-state index is 11.2. The summed E-state index contributed by atoms with van der Waals surface area (Å²) in [5.41, 5.74) is 6.37. The number of thioether (sulfide) groups is 1. The smallest absolute Gasteiger partial charge is 0.221 e. The van der Waals surface area contributed by atoms with Crippen LogP contribution >= 0.6 is 11.8 Å². The fraction of sp³-hybridized carbons (Fsp3) is 0.333. The Hall–Kier alpha value is -1.29. The largest absolute Gasteiger partial charge is 0.369 e. The summed E-state index contributed by atoms with van der Waals surface area (Å²) in [6.07, 6.45) is 0.594. The van der Waals surface area contributed by atoms with E-state index in [1.165, 1.54) is 6.92 Å². The minimum absolute atomic E-state index is 0.0133. The number of benzene rings is 1. The molecule has 0 spiro atoms. The molecule has 16 heavy (non-hydrogen) atoms. The van der Waals surface area contributed by atoms with Crippen molar-refractivity contribution in [2.45, 2.75) is 13.3 Å². The molecule has 1 unspecified atom stereocenters. The van der Waals surface area contributed by atoms with E-state index in [1.54, 1.807) is 0 Å². The van der Waals surface area contributed by atoms with Crippen molar-refractivity contribution in [3.8, 4) is 0 Å². The minimum atomic E-state index is -0.349. The first-order valence-electron chi connectivity index (χ1n) is 5.06. The second-order valence-electron chi connectivity index (χ2n) is 3.59. The standard InChI is InChI=1S/C12H15NO2S/c1-9(14)16-8-11(12(13)15)7-10-5-3-2-4-6-10/h2-6,11H,7-8H2,1H3,(H2,13,15). The molecule has 1 atom stereocenters. The molecule has 86 valence electrons. The molecule has 0 heterocycles. The lowest BCUT2D eigenvalue weighted by Crippen LogP contribution is -2.27. The van der Waals surface area contributed by atoms with E-state index in [2.05, 4.69) is 0 Å². The van der Waals surface area contributed by atoms with Gasteiger partial charge in [0.2, 0.25) is 5.91 Å². The first-order chi connectivity index (χ1) is 7.59. The molecule has 0 aliphatic carbocycles. The van der Waals surface area contributed by atoms with Gasteiger partial charge in [0.1, 0.15) is 0 Å².